The molecule has 0 radical (unpaired) electrons. The van der Waals surface area contributed by atoms with Crippen LogP contribution in [-0.4, -0.2) is 61.1 Å². The summed E-state index contributed by atoms with van der Waals surface area (Å²) in [5.41, 5.74) is 1.39. The van der Waals surface area contributed by atoms with Gasteiger partial charge in [0.25, 0.3) is 0 Å². The molecule has 0 bridgehead atoms. The number of rotatable bonds is 7. The minimum atomic E-state index is -3.35. The number of benzene rings is 1. The molecular weight excluding hydrogens is 416 g/mol. The van der Waals surface area contributed by atoms with E-state index in [9.17, 15) is 13.5 Å². The average Bonchev–Trinajstić information content (AvgIpc) is 3.14. The minimum absolute atomic E-state index is 0.108. The van der Waals surface area contributed by atoms with Crippen LogP contribution < -0.4 is 9.62 Å². The summed E-state index contributed by atoms with van der Waals surface area (Å²) < 4.78 is 32.8. The molecule has 2 aromatic rings. The first-order valence-electron chi connectivity index (χ1n) is 10.8. The van der Waals surface area contributed by atoms with E-state index in [0.29, 0.717) is 31.3 Å². The van der Waals surface area contributed by atoms with E-state index >= 15 is 0 Å². The second-order valence-corrected chi connectivity index (χ2v) is 10.3. The zero-order chi connectivity index (χ0) is 21.8. The summed E-state index contributed by atoms with van der Waals surface area (Å²) in [6, 6.07) is 11.6. The molecule has 2 N–H and O–H groups in total. The molecule has 8 nitrogen and oxygen atoms in total. The monoisotopic (exact) mass is 446 g/mol. The van der Waals surface area contributed by atoms with E-state index in [0.717, 1.165) is 25.7 Å². The molecule has 0 spiro atoms. The predicted octanol–water partition coefficient (Wildman–Crippen LogP) is 2.42. The number of hydrogen-bond donors (Lipinski definition) is 2. The highest BCUT2D eigenvalue weighted by atomic mass is 32.2. The van der Waals surface area contributed by atoms with Gasteiger partial charge in [0.05, 0.1) is 25.0 Å². The molecule has 2 fully saturated rings. The van der Waals surface area contributed by atoms with Crippen LogP contribution in [0.1, 0.15) is 43.6 Å². The van der Waals surface area contributed by atoms with Gasteiger partial charge in [0.15, 0.2) is 0 Å². The van der Waals surface area contributed by atoms with E-state index in [4.69, 9.17) is 4.74 Å². The maximum absolute atomic E-state index is 11.9. The van der Waals surface area contributed by atoms with Gasteiger partial charge in [-0.25, -0.2) is 23.1 Å². The van der Waals surface area contributed by atoms with E-state index in [1.165, 1.54) is 24.2 Å². The second kappa shape index (κ2) is 9.50. The summed E-state index contributed by atoms with van der Waals surface area (Å²) >= 11 is 0. The van der Waals surface area contributed by atoms with Crippen molar-refractivity contribution in [1.82, 2.24) is 14.7 Å². The van der Waals surface area contributed by atoms with Crippen LogP contribution in [0.15, 0.2) is 42.7 Å². The molecule has 1 saturated carbocycles. The van der Waals surface area contributed by atoms with Crippen molar-refractivity contribution in [2.75, 3.05) is 24.3 Å². The summed E-state index contributed by atoms with van der Waals surface area (Å²) in [5.74, 6) is 1.04. The highest BCUT2D eigenvalue weighted by molar-refractivity contribution is 7.88. The number of nitrogens with one attached hydrogen (secondary N) is 1. The van der Waals surface area contributed by atoms with Gasteiger partial charge in [-0.05, 0) is 43.6 Å². The summed E-state index contributed by atoms with van der Waals surface area (Å²) in [7, 11) is -3.35. The van der Waals surface area contributed by atoms with E-state index in [1.54, 1.807) is 0 Å². The molecule has 2 aliphatic rings. The summed E-state index contributed by atoms with van der Waals surface area (Å²) in [6.07, 6.45) is 7.46. The standard InChI is InChI=1S/C22H30N4O4S/c1-31(28,29)25-19-11-12-26(21-13-22(27)24-15-23-21)20(19)14-30-18-9-7-17(8-10-18)16-5-3-2-4-6-16/h2-6,13,15,17-20,25H,7-12,14H2,1H3,(H,23,24,27)/t17-,18+,19-,20-/m0/s1. The Kier molecular flexibility index (Phi) is 6.74. The van der Waals surface area contributed by atoms with Crippen molar-refractivity contribution < 1.29 is 18.3 Å². The van der Waals surface area contributed by atoms with Crippen LogP contribution in [0.3, 0.4) is 0 Å². The molecular formula is C22H30N4O4S. The maximum atomic E-state index is 11.9. The van der Waals surface area contributed by atoms with Crippen LogP contribution in [0.2, 0.25) is 0 Å². The Morgan fingerprint density at radius 1 is 1.13 bits per heavy atom. The van der Waals surface area contributed by atoms with Crippen molar-refractivity contribution in [3.63, 3.8) is 0 Å². The predicted molar refractivity (Wildman–Crippen MR) is 119 cm³/mol. The lowest BCUT2D eigenvalue weighted by atomic mass is 9.83. The van der Waals surface area contributed by atoms with Crippen molar-refractivity contribution in [3.05, 3.63) is 48.3 Å². The number of ether oxygens (including phenoxy) is 1. The third-order valence-electron chi connectivity index (χ3n) is 6.29. The molecule has 31 heavy (non-hydrogen) atoms. The van der Waals surface area contributed by atoms with Crippen LogP contribution in [0.4, 0.5) is 5.82 Å². The van der Waals surface area contributed by atoms with E-state index in [1.807, 2.05) is 11.0 Å². The molecule has 0 amide bonds. The summed E-state index contributed by atoms with van der Waals surface area (Å²) in [4.78, 5) is 10.0. The SMILES string of the molecule is CS(=O)(=O)N[C@H]1CCN(c2cc(O)ncn2)[C@H]1CO[C@H]1CC[C@@H](c2ccccc2)CC1. The van der Waals surface area contributed by atoms with Gasteiger partial charge in [0.1, 0.15) is 12.1 Å². The van der Waals surface area contributed by atoms with Gasteiger partial charge in [0.2, 0.25) is 15.9 Å². The molecule has 168 valence electrons. The largest absolute Gasteiger partial charge is 0.493 e. The molecule has 1 aromatic heterocycles. The number of sulfonamides is 1. The number of aromatic hydroxyl groups is 1. The third kappa shape index (κ3) is 5.72. The number of hydrogen-bond acceptors (Lipinski definition) is 7. The zero-order valence-electron chi connectivity index (χ0n) is 17.7. The number of anilines is 1. The van der Waals surface area contributed by atoms with Crippen molar-refractivity contribution in [1.29, 1.82) is 0 Å². The van der Waals surface area contributed by atoms with Crippen molar-refractivity contribution in [2.24, 2.45) is 0 Å². The van der Waals surface area contributed by atoms with Gasteiger partial charge >= 0.3 is 0 Å². The Hall–Kier alpha value is -2.23. The molecule has 2 atom stereocenters. The smallest absolute Gasteiger partial charge is 0.215 e. The Morgan fingerprint density at radius 2 is 1.87 bits per heavy atom. The highest BCUT2D eigenvalue weighted by Crippen LogP contribution is 2.34. The Morgan fingerprint density at radius 3 is 2.55 bits per heavy atom. The quantitative estimate of drug-likeness (QED) is 0.673. The van der Waals surface area contributed by atoms with Gasteiger partial charge in [0, 0.05) is 18.7 Å². The maximum Gasteiger partial charge on any atom is 0.215 e. The summed E-state index contributed by atoms with van der Waals surface area (Å²) in [6.45, 7) is 1.02. The van der Waals surface area contributed by atoms with Crippen LogP contribution in [-0.2, 0) is 14.8 Å². The fourth-order valence-electron chi connectivity index (χ4n) is 4.77. The van der Waals surface area contributed by atoms with Crippen LogP contribution in [0, 0.1) is 0 Å². The lowest BCUT2D eigenvalue weighted by molar-refractivity contribution is 0.0156. The molecule has 9 heteroatoms. The zero-order valence-corrected chi connectivity index (χ0v) is 18.5. The fourth-order valence-corrected chi connectivity index (χ4v) is 5.60. The first-order chi connectivity index (χ1) is 14.9. The third-order valence-corrected chi connectivity index (χ3v) is 7.02. The van der Waals surface area contributed by atoms with Gasteiger partial charge in [-0.15, -0.1) is 0 Å². The van der Waals surface area contributed by atoms with E-state index in [2.05, 4.69) is 39.0 Å². The Balaban J connectivity index is 1.39. The first kappa shape index (κ1) is 22.0. The van der Waals surface area contributed by atoms with Crippen LogP contribution >= 0.6 is 0 Å². The van der Waals surface area contributed by atoms with Gasteiger partial charge in [-0.2, -0.15) is 0 Å². The highest BCUT2D eigenvalue weighted by Gasteiger charge is 2.37. The topological polar surface area (TPSA) is 105 Å². The number of nitrogens with zero attached hydrogens (tertiary/aromatic N) is 3. The lowest BCUT2D eigenvalue weighted by Gasteiger charge is -2.33. The van der Waals surface area contributed by atoms with Gasteiger partial charge in [-0.1, -0.05) is 30.3 Å². The minimum Gasteiger partial charge on any atom is -0.493 e. The van der Waals surface area contributed by atoms with E-state index < -0.39 is 10.0 Å². The first-order valence-corrected chi connectivity index (χ1v) is 12.7. The van der Waals surface area contributed by atoms with E-state index in [-0.39, 0.29) is 24.1 Å². The molecule has 4 rings (SSSR count). The molecule has 1 aliphatic carbocycles. The second-order valence-electron chi connectivity index (χ2n) is 8.50. The van der Waals surface area contributed by atoms with Crippen LogP contribution in [0.5, 0.6) is 5.88 Å². The van der Waals surface area contributed by atoms with Gasteiger partial charge in [-0.3, -0.25) is 0 Å². The van der Waals surface area contributed by atoms with Crippen LogP contribution in [0.25, 0.3) is 0 Å². The summed E-state index contributed by atoms with van der Waals surface area (Å²) in [5, 5.41) is 9.74. The van der Waals surface area contributed by atoms with Crippen molar-refractivity contribution >= 4 is 15.8 Å². The lowest BCUT2D eigenvalue weighted by Crippen LogP contribution is -2.48. The average molecular weight is 447 g/mol. The van der Waals surface area contributed by atoms with Gasteiger partial charge < -0.3 is 14.7 Å². The fraction of sp³-hybridized carbons (Fsp3) is 0.545. The molecule has 0 unspecified atom stereocenters. The molecule has 1 aromatic carbocycles. The molecule has 1 aliphatic heterocycles. The van der Waals surface area contributed by atoms with Crippen molar-refractivity contribution in [3.8, 4) is 5.88 Å². The normalized spacial score (nSPS) is 26.8. The molecule has 2 heterocycles. The number of aromatic nitrogens is 2. The molecule has 1 saturated heterocycles. The Bertz CT molecular complexity index is 964. The Labute approximate surface area is 183 Å². The van der Waals surface area contributed by atoms with Crippen molar-refractivity contribution in [2.45, 2.75) is 56.2 Å².